The van der Waals surface area contributed by atoms with Crippen molar-refractivity contribution in [3.8, 4) is 0 Å². The maximum atomic E-state index is 3.77. The summed E-state index contributed by atoms with van der Waals surface area (Å²) in [5.74, 6) is 0. The van der Waals surface area contributed by atoms with Crippen molar-refractivity contribution in [3.63, 3.8) is 0 Å². The largest absolute Gasteiger partial charge is 0.316 e. The molecular formula is C7H9N2. The first-order valence-corrected chi connectivity index (χ1v) is 2.89. The maximum absolute atomic E-state index is 3.77. The van der Waals surface area contributed by atoms with Crippen LogP contribution in [-0.4, -0.2) is 12.0 Å². The Morgan fingerprint density at radius 3 is 3.22 bits per heavy atom. The van der Waals surface area contributed by atoms with Crippen LogP contribution < -0.4 is 5.32 Å². The van der Waals surface area contributed by atoms with E-state index in [4.69, 9.17) is 0 Å². The molecule has 9 heavy (non-hydrogen) atoms. The van der Waals surface area contributed by atoms with Gasteiger partial charge in [0.05, 0.1) is 6.20 Å². The second-order valence-corrected chi connectivity index (χ2v) is 1.82. The van der Waals surface area contributed by atoms with Gasteiger partial charge in [-0.1, -0.05) is 0 Å². The fraction of sp³-hybridized carbons (Fsp3) is 0.286. The van der Waals surface area contributed by atoms with Gasteiger partial charge >= 0.3 is 0 Å². The van der Waals surface area contributed by atoms with Crippen LogP contribution in [0, 0.1) is 6.20 Å². The summed E-state index contributed by atoms with van der Waals surface area (Å²) < 4.78 is 0. The highest BCUT2D eigenvalue weighted by atomic mass is 14.8. The third-order valence-corrected chi connectivity index (χ3v) is 1.07. The van der Waals surface area contributed by atoms with Crippen LogP contribution >= 0.6 is 0 Å². The van der Waals surface area contributed by atoms with Crippen LogP contribution in [0.15, 0.2) is 18.3 Å². The first-order chi connectivity index (χ1) is 4.43. The summed E-state index contributed by atoms with van der Waals surface area (Å²) in [6, 6.07) is 3.84. The number of hydrogen-bond acceptors (Lipinski definition) is 2. The van der Waals surface area contributed by atoms with E-state index in [2.05, 4.69) is 16.5 Å². The summed E-state index contributed by atoms with van der Waals surface area (Å²) in [7, 11) is 1.92. The average molecular weight is 121 g/mol. The molecule has 1 aromatic rings. The van der Waals surface area contributed by atoms with Gasteiger partial charge in [0.1, 0.15) is 0 Å². The van der Waals surface area contributed by atoms with Gasteiger partial charge in [-0.25, -0.2) is 0 Å². The van der Waals surface area contributed by atoms with E-state index in [-0.39, 0.29) is 0 Å². The van der Waals surface area contributed by atoms with E-state index < -0.39 is 0 Å². The fourth-order valence-corrected chi connectivity index (χ4v) is 0.658. The molecule has 0 atom stereocenters. The van der Waals surface area contributed by atoms with Gasteiger partial charge in [0.2, 0.25) is 0 Å². The lowest BCUT2D eigenvalue weighted by Crippen LogP contribution is -2.04. The van der Waals surface area contributed by atoms with Gasteiger partial charge in [0.25, 0.3) is 0 Å². The van der Waals surface area contributed by atoms with Crippen LogP contribution in [0.2, 0.25) is 0 Å². The third-order valence-electron chi connectivity index (χ3n) is 1.07. The van der Waals surface area contributed by atoms with E-state index >= 15 is 0 Å². The number of rotatable bonds is 2. The average Bonchev–Trinajstić information content (AvgIpc) is 1.91. The second kappa shape index (κ2) is 3.20. The summed E-state index contributed by atoms with van der Waals surface area (Å²) in [6.07, 6.45) is 4.50. The van der Waals surface area contributed by atoms with Gasteiger partial charge in [-0.3, -0.25) is 4.98 Å². The van der Waals surface area contributed by atoms with E-state index in [1.807, 2.05) is 19.2 Å². The Balaban J connectivity index is 2.61. The number of pyridine rings is 1. The van der Waals surface area contributed by atoms with Crippen molar-refractivity contribution in [3.05, 3.63) is 30.1 Å². The Morgan fingerprint density at radius 2 is 2.67 bits per heavy atom. The lowest BCUT2D eigenvalue weighted by molar-refractivity contribution is 0.816. The number of hydrogen-bond donors (Lipinski definition) is 1. The molecule has 1 heterocycles. The number of nitrogens with zero attached hydrogens (tertiary/aromatic N) is 1. The summed E-state index contributed by atoms with van der Waals surface area (Å²) in [5.41, 5.74) is 1.22. The maximum Gasteiger partial charge on any atom is 0.0889 e. The highest BCUT2D eigenvalue weighted by Crippen LogP contribution is 1.92. The molecule has 2 heteroatoms. The Hall–Kier alpha value is -0.890. The molecular weight excluding hydrogens is 112 g/mol. The standard InChI is InChI=1S/C7H9N2/c1-8-6-7-2-4-9-5-3-7/h2-4,8H,6H2,1H3. The number of aromatic nitrogens is 1. The first-order valence-electron chi connectivity index (χ1n) is 2.89. The minimum Gasteiger partial charge on any atom is -0.316 e. The van der Waals surface area contributed by atoms with Gasteiger partial charge in [-0.05, 0) is 24.7 Å². The van der Waals surface area contributed by atoms with Crippen molar-refractivity contribution in [1.29, 1.82) is 0 Å². The Morgan fingerprint density at radius 1 is 1.78 bits per heavy atom. The second-order valence-electron chi connectivity index (χ2n) is 1.82. The molecule has 0 saturated carbocycles. The van der Waals surface area contributed by atoms with Crippen LogP contribution in [0.25, 0.3) is 0 Å². The van der Waals surface area contributed by atoms with E-state index in [9.17, 15) is 0 Å². The highest BCUT2D eigenvalue weighted by Gasteiger charge is 1.84. The molecule has 2 nitrogen and oxygen atoms in total. The van der Waals surface area contributed by atoms with Crippen LogP contribution in [0.4, 0.5) is 0 Å². The minimum atomic E-state index is 0.888. The molecule has 0 spiro atoms. The quantitative estimate of drug-likeness (QED) is 0.619. The molecule has 0 saturated heterocycles. The smallest absolute Gasteiger partial charge is 0.0889 e. The Bertz CT molecular complexity index is 160. The summed E-state index contributed by atoms with van der Waals surface area (Å²) in [4.78, 5) is 3.77. The van der Waals surface area contributed by atoms with Crippen molar-refractivity contribution in [2.75, 3.05) is 7.05 Å². The van der Waals surface area contributed by atoms with E-state index in [0.29, 0.717) is 0 Å². The molecule has 0 fully saturated rings. The van der Waals surface area contributed by atoms with E-state index in [1.54, 1.807) is 6.20 Å². The van der Waals surface area contributed by atoms with Gasteiger partial charge < -0.3 is 5.32 Å². The normalized spacial score (nSPS) is 9.44. The Kier molecular flexibility index (Phi) is 2.22. The molecule has 47 valence electrons. The molecule has 1 aromatic heterocycles. The molecule has 1 radical (unpaired) electrons. The van der Waals surface area contributed by atoms with E-state index in [0.717, 1.165) is 6.54 Å². The number of nitrogens with one attached hydrogen (secondary N) is 1. The molecule has 0 aliphatic rings. The minimum absolute atomic E-state index is 0.888. The lowest BCUT2D eigenvalue weighted by atomic mass is 10.3. The third kappa shape index (κ3) is 1.82. The SMILES string of the molecule is CNCc1c[c]ncc1. The molecule has 1 N–H and O–H groups in total. The predicted molar refractivity (Wildman–Crippen MR) is 35.8 cm³/mol. The molecule has 0 bridgehead atoms. The van der Waals surface area contributed by atoms with Crippen molar-refractivity contribution < 1.29 is 0 Å². The van der Waals surface area contributed by atoms with Crippen molar-refractivity contribution in [1.82, 2.24) is 10.3 Å². The van der Waals surface area contributed by atoms with Crippen molar-refractivity contribution >= 4 is 0 Å². The zero-order chi connectivity index (χ0) is 6.53. The van der Waals surface area contributed by atoms with Gasteiger partial charge in [-0.2, -0.15) is 0 Å². The molecule has 0 aromatic carbocycles. The monoisotopic (exact) mass is 121 g/mol. The molecule has 1 rings (SSSR count). The summed E-state index contributed by atoms with van der Waals surface area (Å²) in [6.45, 7) is 0.888. The zero-order valence-electron chi connectivity index (χ0n) is 5.39. The zero-order valence-corrected chi connectivity index (χ0v) is 5.39. The molecule has 0 aliphatic heterocycles. The molecule has 0 unspecified atom stereocenters. The van der Waals surface area contributed by atoms with Crippen LogP contribution in [0.1, 0.15) is 5.56 Å². The topological polar surface area (TPSA) is 24.9 Å². The van der Waals surface area contributed by atoms with Crippen LogP contribution in [0.5, 0.6) is 0 Å². The fourth-order valence-electron chi connectivity index (χ4n) is 0.658. The van der Waals surface area contributed by atoms with Gasteiger partial charge in [0.15, 0.2) is 0 Å². The summed E-state index contributed by atoms with van der Waals surface area (Å²) >= 11 is 0. The molecule has 0 amide bonds. The highest BCUT2D eigenvalue weighted by molar-refractivity contribution is 5.07. The summed E-state index contributed by atoms with van der Waals surface area (Å²) in [5, 5.41) is 3.04. The Labute approximate surface area is 54.9 Å². The molecule has 0 aliphatic carbocycles. The van der Waals surface area contributed by atoms with Crippen LogP contribution in [0.3, 0.4) is 0 Å². The van der Waals surface area contributed by atoms with Crippen molar-refractivity contribution in [2.45, 2.75) is 6.54 Å². The lowest BCUT2D eigenvalue weighted by Gasteiger charge is -1.94. The first kappa shape index (κ1) is 6.23. The van der Waals surface area contributed by atoms with Crippen LogP contribution in [-0.2, 0) is 6.54 Å². The predicted octanol–water partition coefficient (Wildman–Crippen LogP) is 0.601. The van der Waals surface area contributed by atoms with Gasteiger partial charge in [-0.15, -0.1) is 0 Å². The van der Waals surface area contributed by atoms with Gasteiger partial charge in [0, 0.05) is 12.7 Å². The van der Waals surface area contributed by atoms with E-state index in [1.165, 1.54) is 5.56 Å². The van der Waals surface area contributed by atoms with Crippen molar-refractivity contribution in [2.24, 2.45) is 0 Å².